The van der Waals surface area contributed by atoms with Gasteiger partial charge in [0.25, 0.3) is 7.82 Å². The zero-order valence-corrected chi connectivity index (χ0v) is 26.7. The highest BCUT2D eigenvalue weighted by molar-refractivity contribution is 7.45. The van der Waals surface area contributed by atoms with Gasteiger partial charge in [0, 0.05) is 6.42 Å². The minimum Gasteiger partial charge on any atom is -0.756 e. The summed E-state index contributed by atoms with van der Waals surface area (Å²) in [6, 6.07) is -0.874. The van der Waals surface area contributed by atoms with Crippen LogP contribution < -0.4 is 10.2 Å². The van der Waals surface area contributed by atoms with Crippen LogP contribution in [0, 0.1) is 0 Å². The summed E-state index contributed by atoms with van der Waals surface area (Å²) in [6.45, 7) is 4.54. The molecule has 9 heteroatoms. The topological polar surface area (TPSA) is 108 Å². The molecule has 0 radical (unpaired) electrons. The molecule has 232 valence electrons. The molecule has 0 fully saturated rings. The van der Waals surface area contributed by atoms with Crippen LogP contribution in [0.15, 0.2) is 12.2 Å². The van der Waals surface area contributed by atoms with Crippen molar-refractivity contribution in [2.75, 3.05) is 40.9 Å². The zero-order chi connectivity index (χ0) is 29.4. The first-order valence-corrected chi connectivity index (χ1v) is 17.0. The average Bonchev–Trinajstić information content (AvgIpc) is 2.86. The maximum absolute atomic E-state index is 12.6. The lowest BCUT2D eigenvalue weighted by atomic mass is 10.1. The van der Waals surface area contributed by atoms with E-state index in [2.05, 4.69) is 19.2 Å². The number of nitrogens with zero attached hydrogens (tertiary/aromatic N) is 1. The highest BCUT2D eigenvalue weighted by Gasteiger charge is 2.23. The van der Waals surface area contributed by atoms with E-state index in [0.29, 0.717) is 17.4 Å². The number of hydrogen-bond acceptors (Lipinski definition) is 6. The van der Waals surface area contributed by atoms with Gasteiger partial charge in [0.05, 0.1) is 39.9 Å². The average molecular weight is 577 g/mol. The number of carbonyl (C=O) groups is 1. The molecule has 0 saturated carbocycles. The molecule has 1 amide bonds. The highest BCUT2D eigenvalue weighted by atomic mass is 31.2. The van der Waals surface area contributed by atoms with Gasteiger partial charge in [0.2, 0.25) is 5.91 Å². The molecule has 0 aliphatic carbocycles. The monoisotopic (exact) mass is 576 g/mol. The number of aliphatic hydroxyl groups is 1. The molecule has 3 atom stereocenters. The zero-order valence-electron chi connectivity index (χ0n) is 25.8. The van der Waals surface area contributed by atoms with Crippen LogP contribution in [-0.4, -0.2) is 68.5 Å². The molecule has 0 aliphatic heterocycles. The Morgan fingerprint density at radius 3 is 1.92 bits per heavy atom. The number of aliphatic hydroxyl groups excluding tert-OH is 1. The van der Waals surface area contributed by atoms with Gasteiger partial charge in [-0.3, -0.25) is 9.36 Å². The number of likely N-dealkylation sites (N-methyl/N-ethyl adjacent to an activating group) is 1. The Hall–Kier alpha value is -0.760. The van der Waals surface area contributed by atoms with E-state index >= 15 is 0 Å². The molecular formula is C30H61N2O6P. The molecule has 0 aromatic heterocycles. The number of phosphoric acid groups is 1. The summed E-state index contributed by atoms with van der Waals surface area (Å²) >= 11 is 0. The van der Waals surface area contributed by atoms with Crippen molar-refractivity contribution in [1.82, 2.24) is 5.32 Å². The molecule has 1 unspecified atom stereocenters. The Morgan fingerprint density at radius 2 is 1.38 bits per heavy atom. The predicted molar refractivity (Wildman–Crippen MR) is 159 cm³/mol. The van der Waals surface area contributed by atoms with Crippen LogP contribution in [-0.2, 0) is 18.4 Å². The maximum Gasteiger partial charge on any atom is 0.268 e. The van der Waals surface area contributed by atoms with E-state index in [1.807, 2.05) is 27.2 Å². The van der Waals surface area contributed by atoms with Crippen molar-refractivity contribution < 1.29 is 32.9 Å². The fourth-order valence-electron chi connectivity index (χ4n) is 4.15. The summed E-state index contributed by atoms with van der Waals surface area (Å²) in [6.07, 6.45) is 21.2. The van der Waals surface area contributed by atoms with Crippen molar-refractivity contribution in [1.29, 1.82) is 0 Å². The second-order valence-electron chi connectivity index (χ2n) is 11.8. The number of quaternary nitrogens is 1. The van der Waals surface area contributed by atoms with E-state index in [1.165, 1.54) is 64.2 Å². The van der Waals surface area contributed by atoms with Crippen molar-refractivity contribution in [2.45, 2.75) is 135 Å². The first-order valence-electron chi connectivity index (χ1n) is 15.6. The SMILES string of the molecule is CCCCCCCCC/C=C/[C@@H](O)[C@H](COP(=O)([O-])OCC[N+](C)(C)C)NC(=O)CCCCCCCCCC. The van der Waals surface area contributed by atoms with E-state index < -0.39 is 20.0 Å². The molecule has 0 aromatic carbocycles. The van der Waals surface area contributed by atoms with Crippen LogP contribution in [0.3, 0.4) is 0 Å². The number of carbonyl (C=O) groups excluding carboxylic acids is 1. The normalized spacial score (nSPS) is 15.4. The molecule has 0 spiro atoms. The summed E-state index contributed by atoms with van der Waals surface area (Å²) in [7, 11) is 1.26. The first kappa shape index (κ1) is 38.2. The standard InChI is InChI=1S/C30H61N2O6P/c1-6-8-10-12-14-16-17-19-21-23-29(33)28(27-38-39(35,36)37-26-25-32(3,4)5)31-30(34)24-22-20-18-15-13-11-9-7-2/h21,23,28-29,33H,6-20,22,24-27H2,1-5H3,(H-,31,34,35,36)/b23-21+/t28-,29+/m0/s1. The van der Waals surface area contributed by atoms with Crippen molar-refractivity contribution in [3.63, 3.8) is 0 Å². The Bertz CT molecular complexity index is 668. The summed E-state index contributed by atoms with van der Waals surface area (Å²) in [5, 5.41) is 13.5. The van der Waals surface area contributed by atoms with Crippen LogP contribution >= 0.6 is 7.82 Å². The Balaban J connectivity index is 4.69. The molecule has 0 aromatic rings. The molecule has 39 heavy (non-hydrogen) atoms. The van der Waals surface area contributed by atoms with E-state index in [9.17, 15) is 19.4 Å². The summed E-state index contributed by atoms with van der Waals surface area (Å²) in [5.41, 5.74) is 0. The number of rotatable bonds is 27. The first-order chi connectivity index (χ1) is 18.5. The quantitative estimate of drug-likeness (QED) is 0.0517. The van der Waals surface area contributed by atoms with Gasteiger partial charge in [-0.15, -0.1) is 0 Å². The van der Waals surface area contributed by atoms with Gasteiger partial charge in [-0.2, -0.15) is 0 Å². The van der Waals surface area contributed by atoms with Crippen molar-refractivity contribution in [3.05, 3.63) is 12.2 Å². The van der Waals surface area contributed by atoms with Crippen LogP contribution in [0.4, 0.5) is 0 Å². The predicted octanol–water partition coefficient (Wildman–Crippen LogP) is 6.27. The summed E-state index contributed by atoms with van der Waals surface area (Å²) < 4.78 is 22.9. The molecule has 0 aliphatic rings. The Morgan fingerprint density at radius 1 is 0.872 bits per heavy atom. The van der Waals surface area contributed by atoms with Gasteiger partial charge in [-0.05, 0) is 19.3 Å². The molecule has 0 heterocycles. The lowest BCUT2D eigenvalue weighted by molar-refractivity contribution is -0.870. The Kier molecular flexibility index (Phi) is 23.4. The number of unbranched alkanes of at least 4 members (excludes halogenated alkanes) is 14. The fraction of sp³-hybridized carbons (Fsp3) is 0.900. The second-order valence-corrected chi connectivity index (χ2v) is 13.2. The Labute approximate surface area is 240 Å². The smallest absolute Gasteiger partial charge is 0.268 e. The largest absolute Gasteiger partial charge is 0.756 e. The molecule has 0 saturated heterocycles. The van der Waals surface area contributed by atoms with Gasteiger partial charge in [0.15, 0.2) is 0 Å². The number of allylic oxidation sites excluding steroid dienone is 1. The minimum absolute atomic E-state index is 0.000644. The van der Waals surface area contributed by atoms with Crippen molar-refractivity contribution >= 4 is 13.7 Å². The molecular weight excluding hydrogens is 515 g/mol. The highest BCUT2D eigenvalue weighted by Crippen LogP contribution is 2.38. The number of nitrogens with one attached hydrogen (secondary N) is 1. The molecule has 8 nitrogen and oxygen atoms in total. The van der Waals surface area contributed by atoms with Crippen molar-refractivity contribution in [3.8, 4) is 0 Å². The van der Waals surface area contributed by atoms with E-state index in [0.717, 1.165) is 38.5 Å². The molecule has 2 N–H and O–H groups in total. The lowest BCUT2D eigenvalue weighted by Gasteiger charge is -2.29. The lowest BCUT2D eigenvalue weighted by Crippen LogP contribution is -2.45. The van der Waals surface area contributed by atoms with Crippen molar-refractivity contribution in [2.24, 2.45) is 0 Å². The molecule has 0 bridgehead atoms. The molecule has 0 rings (SSSR count). The van der Waals surface area contributed by atoms with Crippen LogP contribution in [0.1, 0.15) is 123 Å². The van der Waals surface area contributed by atoms with Gasteiger partial charge in [-0.25, -0.2) is 0 Å². The van der Waals surface area contributed by atoms with Gasteiger partial charge in [-0.1, -0.05) is 109 Å². The van der Waals surface area contributed by atoms with Gasteiger partial charge < -0.3 is 28.8 Å². The number of phosphoric ester groups is 1. The second kappa shape index (κ2) is 23.9. The van der Waals surface area contributed by atoms with Crippen LogP contribution in [0.5, 0.6) is 0 Å². The summed E-state index contributed by atoms with van der Waals surface area (Å²) in [4.78, 5) is 24.8. The fourth-order valence-corrected chi connectivity index (χ4v) is 4.87. The third-order valence-corrected chi connectivity index (χ3v) is 7.71. The van der Waals surface area contributed by atoms with Gasteiger partial charge >= 0.3 is 0 Å². The van der Waals surface area contributed by atoms with E-state index in [-0.39, 0.29) is 19.1 Å². The third kappa shape index (κ3) is 25.9. The summed E-state index contributed by atoms with van der Waals surface area (Å²) in [5.74, 6) is -0.208. The van der Waals surface area contributed by atoms with Crippen LogP contribution in [0.25, 0.3) is 0 Å². The van der Waals surface area contributed by atoms with Crippen LogP contribution in [0.2, 0.25) is 0 Å². The maximum atomic E-state index is 12.6. The van der Waals surface area contributed by atoms with E-state index in [1.54, 1.807) is 6.08 Å². The number of hydrogen-bond donors (Lipinski definition) is 2. The minimum atomic E-state index is -4.56. The number of amides is 1. The van der Waals surface area contributed by atoms with Gasteiger partial charge in [0.1, 0.15) is 13.2 Å². The third-order valence-electron chi connectivity index (χ3n) is 6.75. The van der Waals surface area contributed by atoms with E-state index in [4.69, 9.17) is 9.05 Å².